The Bertz CT molecular complexity index is 594. The van der Waals surface area contributed by atoms with E-state index < -0.39 is 9.84 Å². The molecule has 1 aromatic heterocycles. The summed E-state index contributed by atoms with van der Waals surface area (Å²) >= 11 is 0. The number of aromatic amines is 1. The lowest BCUT2D eigenvalue weighted by Crippen LogP contribution is -2.27. The van der Waals surface area contributed by atoms with E-state index >= 15 is 0 Å². The Morgan fingerprint density at radius 1 is 1.26 bits per heavy atom. The van der Waals surface area contributed by atoms with Crippen molar-refractivity contribution in [3.05, 3.63) is 53.9 Å². The number of sulfone groups is 1. The molecule has 1 atom stereocenters. The van der Waals surface area contributed by atoms with Crippen LogP contribution in [-0.4, -0.2) is 30.6 Å². The van der Waals surface area contributed by atoms with Crippen LogP contribution in [0.1, 0.15) is 17.3 Å². The van der Waals surface area contributed by atoms with Crippen molar-refractivity contribution in [2.75, 3.05) is 12.0 Å². The van der Waals surface area contributed by atoms with Crippen molar-refractivity contribution in [1.29, 1.82) is 0 Å². The van der Waals surface area contributed by atoms with Gasteiger partial charge in [0.15, 0.2) is 0 Å². The lowest BCUT2D eigenvalue weighted by atomic mass is 10.1. The maximum Gasteiger partial charge on any atom is 0.149 e. The van der Waals surface area contributed by atoms with Gasteiger partial charge in [0.2, 0.25) is 0 Å². The van der Waals surface area contributed by atoms with Gasteiger partial charge in [0.1, 0.15) is 9.84 Å². The third-order valence-corrected chi connectivity index (χ3v) is 3.71. The first-order valence-corrected chi connectivity index (χ1v) is 8.05. The Morgan fingerprint density at radius 2 is 2.00 bits per heavy atom. The second kappa shape index (κ2) is 5.99. The molecular formula is C13H17N3O2S. The smallest absolute Gasteiger partial charge is 0.149 e. The van der Waals surface area contributed by atoms with Gasteiger partial charge in [0.25, 0.3) is 0 Å². The number of hydrogen-bond acceptors (Lipinski definition) is 4. The van der Waals surface area contributed by atoms with E-state index in [0.717, 1.165) is 11.3 Å². The molecule has 102 valence electrons. The van der Waals surface area contributed by atoms with Gasteiger partial charge in [-0.05, 0) is 11.6 Å². The van der Waals surface area contributed by atoms with Crippen molar-refractivity contribution >= 4 is 9.84 Å². The van der Waals surface area contributed by atoms with E-state index in [1.807, 2.05) is 36.4 Å². The van der Waals surface area contributed by atoms with Crippen molar-refractivity contribution in [2.24, 2.45) is 0 Å². The van der Waals surface area contributed by atoms with Gasteiger partial charge in [0, 0.05) is 30.7 Å². The highest BCUT2D eigenvalue weighted by Crippen LogP contribution is 2.15. The van der Waals surface area contributed by atoms with E-state index in [4.69, 9.17) is 0 Å². The molecule has 0 amide bonds. The summed E-state index contributed by atoms with van der Waals surface area (Å²) in [5, 5.41) is 9.95. The monoisotopic (exact) mass is 279 g/mol. The minimum absolute atomic E-state index is 0.0746. The van der Waals surface area contributed by atoms with Gasteiger partial charge in [-0.15, -0.1) is 0 Å². The Balaban J connectivity index is 2.10. The Morgan fingerprint density at radius 3 is 2.58 bits per heavy atom. The summed E-state index contributed by atoms with van der Waals surface area (Å²) in [6.07, 6.45) is 2.92. The zero-order valence-corrected chi connectivity index (χ0v) is 11.5. The molecule has 0 fully saturated rings. The van der Waals surface area contributed by atoms with Gasteiger partial charge in [-0.3, -0.25) is 5.10 Å². The van der Waals surface area contributed by atoms with Crippen LogP contribution in [0, 0.1) is 0 Å². The molecule has 2 N–H and O–H groups in total. The molecule has 1 aromatic carbocycles. The highest BCUT2D eigenvalue weighted by atomic mass is 32.2. The summed E-state index contributed by atoms with van der Waals surface area (Å²) in [6.45, 7) is 0.551. The number of nitrogens with zero attached hydrogens (tertiary/aromatic N) is 1. The molecule has 0 aliphatic rings. The van der Waals surface area contributed by atoms with Crippen molar-refractivity contribution in [2.45, 2.75) is 12.6 Å². The molecule has 2 rings (SSSR count). The van der Waals surface area contributed by atoms with Crippen LogP contribution in [0.25, 0.3) is 0 Å². The van der Waals surface area contributed by atoms with Gasteiger partial charge in [0.05, 0.1) is 5.75 Å². The predicted molar refractivity (Wildman–Crippen MR) is 74.3 cm³/mol. The van der Waals surface area contributed by atoms with Crippen LogP contribution in [0.5, 0.6) is 0 Å². The normalized spacial score (nSPS) is 13.3. The van der Waals surface area contributed by atoms with Crippen LogP contribution >= 0.6 is 0 Å². The van der Waals surface area contributed by atoms with E-state index in [-0.39, 0.29) is 11.8 Å². The predicted octanol–water partition coefficient (Wildman–Crippen LogP) is 1.29. The lowest BCUT2D eigenvalue weighted by Gasteiger charge is -2.17. The Labute approximate surface area is 113 Å². The third kappa shape index (κ3) is 4.50. The fourth-order valence-corrected chi connectivity index (χ4v) is 2.79. The largest absolute Gasteiger partial charge is 0.303 e. The maximum absolute atomic E-state index is 11.5. The van der Waals surface area contributed by atoms with Gasteiger partial charge in [-0.2, -0.15) is 5.10 Å². The van der Waals surface area contributed by atoms with Gasteiger partial charge in [-0.25, -0.2) is 8.42 Å². The van der Waals surface area contributed by atoms with Gasteiger partial charge < -0.3 is 5.32 Å². The van der Waals surface area contributed by atoms with Gasteiger partial charge in [-0.1, -0.05) is 30.3 Å². The average molecular weight is 279 g/mol. The zero-order chi connectivity index (χ0) is 13.7. The van der Waals surface area contributed by atoms with E-state index in [1.165, 1.54) is 6.26 Å². The standard InChI is InChI=1S/C13H17N3O2S/c1-19(17,18)10-13(11-5-3-2-4-6-11)14-9-12-7-8-15-16-12/h2-8,13-14H,9-10H2,1H3,(H,15,16). The highest BCUT2D eigenvalue weighted by molar-refractivity contribution is 7.90. The first kappa shape index (κ1) is 13.8. The molecule has 19 heavy (non-hydrogen) atoms. The minimum Gasteiger partial charge on any atom is -0.303 e. The topological polar surface area (TPSA) is 74.8 Å². The molecule has 1 unspecified atom stereocenters. The summed E-state index contributed by atoms with van der Waals surface area (Å²) < 4.78 is 23.0. The van der Waals surface area contributed by atoms with Crippen molar-refractivity contribution in [3.8, 4) is 0 Å². The SMILES string of the molecule is CS(=O)(=O)CC(NCc1ccn[nH]1)c1ccccc1. The molecule has 1 heterocycles. The maximum atomic E-state index is 11.5. The molecule has 0 aliphatic carbocycles. The van der Waals surface area contributed by atoms with Crippen LogP contribution in [0.3, 0.4) is 0 Å². The quantitative estimate of drug-likeness (QED) is 0.835. The Hall–Kier alpha value is -1.66. The molecule has 2 aromatic rings. The first-order chi connectivity index (χ1) is 9.04. The lowest BCUT2D eigenvalue weighted by molar-refractivity contribution is 0.546. The first-order valence-electron chi connectivity index (χ1n) is 5.99. The summed E-state index contributed by atoms with van der Waals surface area (Å²) in [6, 6.07) is 11.2. The molecular weight excluding hydrogens is 262 g/mol. The fourth-order valence-electron chi connectivity index (χ4n) is 1.88. The summed E-state index contributed by atoms with van der Waals surface area (Å²) in [5.74, 6) is 0.0746. The number of benzene rings is 1. The van der Waals surface area contributed by atoms with E-state index in [9.17, 15) is 8.42 Å². The van der Waals surface area contributed by atoms with Crippen LogP contribution in [-0.2, 0) is 16.4 Å². The molecule has 0 bridgehead atoms. The van der Waals surface area contributed by atoms with E-state index in [0.29, 0.717) is 6.54 Å². The summed E-state index contributed by atoms with van der Waals surface area (Å²) in [7, 11) is -3.05. The fraction of sp³-hybridized carbons (Fsp3) is 0.308. The van der Waals surface area contributed by atoms with Crippen molar-refractivity contribution < 1.29 is 8.42 Å². The zero-order valence-electron chi connectivity index (χ0n) is 10.7. The van der Waals surface area contributed by atoms with Crippen LogP contribution < -0.4 is 5.32 Å². The summed E-state index contributed by atoms with van der Waals surface area (Å²) in [4.78, 5) is 0. The van der Waals surface area contributed by atoms with Crippen molar-refractivity contribution in [3.63, 3.8) is 0 Å². The van der Waals surface area contributed by atoms with Crippen LogP contribution in [0.2, 0.25) is 0 Å². The number of nitrogens with one attached hydrogen (secondary N) is 2. The number of hydrogen-bond donors (Lipinski definition) is 2. The second-order valence-electron chi connectivity index (χ2n) is 4.52. The molecule has 0 spiro atoms. The average Bonchev–Trinajstić information content (AvgIpc) is 2.87. The molecule has 0 saturated carbocycles. The highest BCUT2D eigenvalue weighted by Gasteiger charge is 2.16. The van der Waals surface area contributed by atoms with Gasteiger partial charge >= 0.3 is 0 Å². The molecule has 5 nitrogen and oxygen atoms in total. The summed E-state index contributed by atoms with van der Waals surface area (Å²) in [5.41, 5.74) is 1.89. The minimum atomic E-state index is -3.05. The van der Waals surface area contributed by atoms with Crippen LogP contribution in [0.15, 0.2) is 42.6 Å². The second-order valence-corrected chi connectivity index (χ2v) is 6.70. The molecule has 0 aliphatic heterocycles. The molecule has 6 heteroatoms. The number of H-pyrrole nitrogens is 1. The van der Waals surface area contributed by atoms with Crippen molar-refractivity contribution in [1.82, 2.24) is 15.5 Å². The number of aromatic nitrogens is 2. The molecule has 0 saturated heterocycles. The third-order valence-electron chi connectivity index (χ3n) is 2.77. The molecule has 0 radical (unpaired) electrons. The van der Waals surface area contributed by atoms with E-state index in [2.05, 4.69) is 15.5 Å². The van der Waals surface area contributed by atoms with E-state index in [1.54, 1.807) is 6.20 Å². The Kier molecular flexibility index (Phi) is 4.34. The van der Waals surface area contributed by atoms with Crippen LogP contribution in [0.4, 0.5) is 0 Å². The number of rotatable bonds is 6.